The molecule has 2 rings (SSSR count). The van der Waals surface area contributed by atoms with Crippen LogP contribution >= 0.6 is 0 Å². The molecule has 1 atom stereocenters. The van der Waals surface area contributed by atoms with Crippen molar-refractivity contribution in [1.82, 2.24) is 10.3 Å². The lowest BCUT2D eigenvalue weighted by atomic mass is 10.1. The van der Waals surface area contributed by atoms with Gasteiger partial charge in [-0.15, -0.1) is 0 Å². The summed E-state index contributed by atoms with van der Waals surface area (Å²) in [4.78, 5) is 15.4. The summed E-state index contributed by atoms with van der Waals surface area (Å²) in [6.45, 7) is 3.92. The number of carbonyl (C=O) groups is 1. The Balaban J connectivity index is 1.94. The molecule has 1 saturated heterocycles. The first-order valence-corrected chi connectivity index (χ1v) is 6.04. The molecule has 0 saturated carbocycles. The van der Waals surface area contributed by atoms with E-state index in [1.54, 1.807) is 18.3 Å². The van der Waals surface area contributed by atoms with E-state index >= 15 is 0 Å². The number of hydrogen-bond acceptors (Lipinski definition) is 5. The van der Waals surface area contributed by atoms with Crippen LogP contribution in [0.3, 0.4) is 0 Å². The molecule has 0 aromatic carbocycles. The lowest BCUT2D eigenvalue weighted by molar-refractivity contribution is 0.100. The van der Waals surface area contributed by atoms with Crippen molar-refractivity contribution >= 4 is 11.7 Å². The molecule has 6 nitrogen and oxygen atoms in total. The Kier molecular flexibility index (Phi) is 4.49. The van der Waals surface area contributed by atoms with E-state index in [0.29, 0.717) is 30.5 Å². The second-order valence-corrected chi connectivity index (χ2v) is 4.29. The van der Waals surface area contributed by atoms with Gasteiger partial charge < -0.3 is 21.1 Å². The Morgan fingerprint density at radius 2 is 2.56 bits per heavy atom. The predicted molar refractivity (Wildman–Crippen MR) is 68.4 cm³/mol. The standard InChI is InChI=1S/C12H18N4O2/c13-11(17)10-2-1-3-15-12(10)16-7-9-6-14-4-5-18-8-9/h1-3,9,14H,4-8H2,(H2,13,17)(H,15,16). The van der Waals surface area contributed by atoms with Crippen LogP contribution in [0.2, 0.25) is 0 Å². The van der Waals surface area contributed by atoms with Crippen LogP contribution in [0.1, 0.15) is 10.4 Å². The molecule has 98 valence electrons. The Morgan fingerprint density at radius 3 is 3.39 bits per heavy atom. The molecular weight excluding hydrogens is 232 g/mol. The molecule has 1 aliphatic rings. The van der Waals surface area contributed by atoms with Crippen molar-refractivity contribution in [1.29, 1.82) is 0 Å². The molecule has 1 aliphatic heterocycles. The van der Waals surface area contributed by atoms with Gasteiger partial charge in [-0.2, -0.15) is 0 Å². The third kappa shape index (κ3) is 3.41. The van der Waals surface area contributed by atoms with E-state index in [1.165, 1.54) is 0 Å². The second-order valence-electron chi connectivity index (χ2n) is 4.29. The van der Waals surface area contributed by atoms with Gasteiger partial charge in [0.1, 0.15) is 5.82 Å². The molecule has 1 aromatic heterocycles. The Hall–Kier alpha value is -1.66. The lowest BCUT2D eigenvalue weighted by Gasteiger charge is -2.15. The summed E-state index contributed by atoms with van der Waals surface area (Å²) in [7, 11) is 0. The highest BCUT2D eigenvalue weighted by Crippen LogP contribution is 2.11. The topological polar surface area (TPSA) is 89.3 Å². The SMILES string of the molecule is NC(=O)c1cccnc1NCC1CNCCOC1. The fraction of sp³-hybridized carbons (Fsp3) is 0.500. The number of carbonyl (C=O) groups excluding carboxylic acids is 1. The van der Waals surface area contributed by atoms with Gasteiger partial charge in [-0.1, -0.05) is 0 Å². The van der Waals surface area contributed by atoms with Crippen LogP contribution in [-0.4, -0.2) is 43.7 Å². The first-order chi connectivity index (χ1) is 8.77. The second kappa shape index (κ2) is 6.32. The van der Waals surface area contributed by atoms with Gasteiger partial charge in [-0.05, 0) is 12.1 Å². The number of nitrogens with zero attached hydrogens (tertiary/aromatic N) is 1. The minimum atomic E-state index is -0.471. The first-order valence-electron chi connectivity index (χ1n) is 6.04. The van der Waals surface area contributed by atoms with Crippen LogP contribution in [0.15, 0.2) is 18.3 Å². The van der Waals surface area contributed by atoms with E-state index in [2.05, 4.69) is 15.6 Å². The summed E-state index contributed by atoms with van der Waals surface area (Å²) in [6, 6.07) is 3.36. The summed E-state index contributed by atoms with van der Waals surface area (Å²) >= 11 is 0. The maximum atomic E-state index is 11.2. The van der Waals surface area contributed by atoms with Crippen LogP contribution in [-0.2, 0) is 4.74 Å². The van der Waals surface area contributed by atoms with Crippen molar-refractivity contribution in [2.45, 2.75) is 0 Å². The van der Waals surface area contributed by atoms with Gasteiger partial charge in [0, 0.05) is 31.7 Å². The zero-order valence-corrected chi connectivity index (χ0v) is 10.2. The van der Waals surface area contributed by atoms with Crippen molar-refractivity contribution < 1.29 is 9.53 Å². The van der Waals surface area contributed by atoms with Crippen LogP contribution < -0.4 is 16.4 Å². The van der Waals surface area contributed by atoms with Crippen molar-refractivity contribution in [3.05, 3.63) is 23.9 Å². The first kappa shape index (κ1) is 12.8. The molecule has 0 bridgehead atoms. The zero-order chi connectivity index (χ0) is 12.8. The summed E-state index contributed by atoms with van der Waals surface area (Å²) in [5.41, 5.74) is 5.71. The van der Waals surface area contributed by atoms with Gasteiger partial charge in [0.25, 0.3) is 5.91 Å². The van der Waals surface area contributed by atoms with Crippen molar-refractivity contribution in [3.8, 4) is 0 Å². The molecule has 2 heterocycles. The van der Waals surface area contributed by atoms with Crippen molar-refractivity contribution in [2.24, 2.45) is 11.7 Å². The quantitative estimate of drug-likeness (QED) is 0.690. The molecular formula is C12H18N4O2. The summed E-state index contributed by atoms with van der Waals surface area (Å²) < 4.78 is 5.46. The molecule has 1 amide bonds. The minimum absolute atomic E-state index is 0.357. The third-order valence-electron chi connectivity index (χ3n) is 2.84. The smallest absolute Gasteiger partial charge is 0.252 e. The fourth-order valence-corrected chi connectivity index (χ4v) is 1.88. The molecule has 1 fully saturated rings. The zero-order valence-electron chi connectivity index (χ0n) is 10.2. The highest BCUT2D eigenvalue weighted by Gasteiger charge is 2.14. The molecule has 1 unspecified atom stereocenters. The van der Waals surface area contributed by atoms with Gasteiger partial charge in [0.2, 0.25) is 0 Å². The van der Waals surface area contributed by atoms with Gasteiger partial charge in [-0.25, -0.2) is 4.98 Å². The largest absolute Gasteiger partial charge is 0.380 e. The van der Waals surface area contributed by atoms with Gasteiger partial charge in [0.05, 0.1) is 18.8 Å². The molecule has 0 spiro atoms. The molecule has 1 aromatic rings. The third-order valence-corrected chi connectivity index (χ3v) is 2.84. The van der Waals surface area contributed by atoms with Crippen molar-refractivity contribution in [2.75, 3.05) is 38.2 Å². The Morgan fingerprint density at radius 1 is 1.67 bits per heavy atom. The van der Waals surface area contributed by atoms with Crippen LogP contribution in [0.4, 0.5) is 5.82 Å². The summed E-state index contributed by atoms with van der Waals surface area (Å²) in [6.07, 6.45) is 1.64. The lowest BCUT2D eigenvalue weighted by Crippen LogP contribution is -2.29. The number of nitrogens with two attached hydrogens (primary N) is 1. The monoisotopic (exact) mass is 250 g/mol. The number of pyridine rings is 1. The average Bonchev–Trinajstić information content (AvgIpc) is 2.65. The number of primary amides is 1. The van der Waals surface area contributed by atoms with E-state index in [1.807, 2.05) is 0 Å². The summed E-state index contributed by atoms with van der Waals surface area (Å²) in [5.74, 6) is 0.422. The molecule has 6 heteroatoms. The van der Waals surface area contributed by atoms with Gasteiger partial charge in [-0.3, -0.25) is 4.79 Å². The maximum absolute atomic E-state index is 11.2. The predicted octanol–water partition coefficient (Wildman–Crippen LogP) is -0.172. The van der Waals surface area contributed by atoms with Crippen LogP contribution in [0.5, 0.6) is 0 Å². The number of hydrogen-bond donors (Lipinski definition) is 3. The number of ether oxygens (including phenoxy) is 1. The summed E-state index contributed by atoms with van der Waals surface area (Å²) in [5, 5.41) is 6.45. The van der Waals surface area contributed by atoms with E-state index in [0.717, 1.165) is 19.7 Å². The minimum Gasteiger partial charge on any atom is -0.380 e. The normalized spacial score (nSPS) is 20.1. The highest BCUT2D eigenvalue weighted by molar-refractivity contribution is 5.97. The van der Waals surface area contributed by atoms with E-state index in [4.69, 9.17) is 10.5 Å². The van der Waals surface area contributed by atoms with Gasteiger partial charge >= 0.3 is 0 Å². The number of anilines is 1. The van der Waals surface area contributed by atoms with E-state index < -0.39 is 5.91 Å². The molecule has 0 radical (unpaired) electrons. The van der Waals surface area contributed by atoms with Gasteiger partial charge in [0.15, 0.2) is 0 Å². The number of amides is 1. The average molecular weight is 250 g/mol. The van der Waals surface area contributed by atoms with Crippen LogP contribution in [0, 0.1) is 5.92 Å². The maximum Gasteiger partial charge on any atom is 0.252 e. The Labute approximate surface area is 106 Å². The van der Waals surface area contributed by atoms with E-state index in [-0.39, 0.29) is 0 Å². The number of nitrogens with one attached hydrogen (secondary N) is 2. The fourth-order valence-electron chi connectivity index (χ4n) is 1.88. The van der Waals surface area contributed by atoms with Crippen LogP contribution in [0.25, 0.3) is 0 Å². The Bertz CT molecular complexity index is 403. The molecule has 4 N–H and O–H groups in total. The number of rotatable bonds is 4. The highest BCUT2D eigenvalue weighted by atomic mass is 16.5. The van der Waals surface area contributed by atoms with E-state index in [9.17, 15) is 4.79 Å². The molecule has 0 aliphatic carbocycles. The van der Waals surface area contributed by atoms with Crippen molar-refractivity contribution in [3.63, 3.8) is 0 Å². The molecule has 18 heavy (non-hydrogen) atoms. The number of aromatic nitrogens is 1.